The molecule has 1 nitrogen and oxygen atoms in total. The lowest BCUT2D eigenvalue weighted by Crippen LogP contribution is -2.43. The van der Waals surface area contributed by atoms with Crippen LogP contribution in [0, 0.1) is 5.82 Å². The normalized spacial score (nSPS) is 20.3. The van der Waals surface area contributed by atoms with Crippen LogP contribution in [-0.2, 0) is 0 Å². The molecule has 0 radical (unpaired) electrons. The van der Waals surface area contributed by atoms with Crippen LogP contribution in [0.15, 0.2) is 24.3 Å². The number of hydrogen-bond acceptors (Lipinski definition) is 1. The van der Waals surface area contributed by atoms with Crippen LogP contribution in [0.3, 0.4) is 0 Å². The van der Waals surface area contributed by atoms with Crippen molar-refractivity contribution in [2.24, 2.45) is 0 Å². The average Bonchev–Trinajstić information content (AvgIpc) is 2.19. The molecule has 0 spiro atoms. The van der Waals surface area contributed by atoms with E-state index >= 15 is 0 Å². The standard InChI is InChI=1S/C12H18FNSi/c1-15(2)9-7-14(8-10-15)12-6-4-3-5-11(12)13/h3-6H,7-10H2,1-2H3. The second-order valence-corrected chi connectivity index (χ2v) is 10.4. The Morgan fingerprint density at radius 1 is 1.13 bits per heavy atom. The van der Waals surface area contributed by atoms with Crippen molar-refractivity contribution in [3.8, 4) is 0 Å². The van der Waals surface area contributed by atoms with E-state index in [2.05, 4.69) is 18.0 Å². The number of para-hydroxylation sites is 1. The molecule has 82 valence electrons. The van der Waals surface area contributed by atoms with Gasteiger partial charge in [0.2, 0.25) is 0 Å². The highest BCUT2D eigenvalue weighted by atomic mass is 28.3. The maximum atomic E-state index is 13.5. The molecule has 0 aliphatic carbocycles. The Labute approximate surface area is 91.9 Å². The minimum absolute atomic E-state index is 0.0844. The van der Waals surface area contributed by atoms with Crippen molar-refractivity contribution < 1.29 is 4.39 Å². The molecule has 0 saturated carbocycles. The van der Waals surface area contributed by atoms with Gasteiger partial charge in [0.05, 0.1) is 13.8 Å². The number of anilines is 1. The summed E-state index contributed by atoms with van der Waals surface area (Å²) in [4.78, 5) is 2.19. The summed E-state index contributed by atoms with van der Waals surface area (Å²) in [6.07, 6.45) is 0. The van der Waals surface area contributed by atoms with Crippen molar-refractivity contribution >= 4 is 13.8 Å². The summed E-state index contributed by atoms with van der Waals surface area (Å²) >= 11 is 0. The maximum absolute atomic E-state index is 13.5. The van der Waals surface area contributed by atoms with Crippen molar-refractivity contribution in [2.45, 2.75) is 25.2 Å². The highest BCUT2D eigenvalue weighted by Gasteiger charge is 2.27. The molecule has 1 heterocycles. The fourth-order valence-electron chi connectivity index (χ4n) is 2.06. The topological polar surface area (TPSA) is 3.24 Å². The van der Waals surface area contributed by atoms with Crippen LogP contribution in [0.2, 0.25) is 25.2 Å². The zero-order valence-corrected chi connectivity index (χ0v) is 10.5. The van der Waals surface area contributed by atoms with Gasteiger partial charge in [0.1, 0.15) is 5.82 Å². The number of hydrogen-bond donors (Lipinski definition) is 0. The van der Waals surface area contributed by atoms with Crippen molar-refractivity contribution in [1.82, 2.24) is 0 Å². The predicted molar refractivity (Wildman–Crippen MR) is 65.7 cm³/mol. The van der Waals surface area contributed by atoms with Gasteiger partial charge in [-0.05, 0) is 24.2 Å². The van der Waals surface area contributed by atoms with Crippen LogP contribution in [0.5, 0.6) is 0 Å². The monoisotopic (exact) mass is 223 g/mol. The third kappa shape index (κ3) is 2.40. The van der Waals surface area contributed by atoms with Gasteiger partial charge in [-0.2, -0.15) is 0 Å². The summed E-state index contributed by atoms with van der Waals surface area (Å²) in [5.41, 5.74) is 0.780. The summed E-state index contributed by atoms with van der Waals surface area (Å²) in [5, 5.41) is 0. The van der Waals surface area contributed by atoms with E-state index in [4.69, 9.17) is 0 Å². The summed E-state index contributed by atoms with van der Waals surface area (Å²) in [6.45, 7) is 6.90. The van der Waals surface area contributed by atoms with E-state index in [9.17, 15) is 4.39 Å². The number of benzene rings is 1. The lowest BCUT2D eigenvalue weighted by atomic mass is 10.2. The molecule has 1 aliphatic heterocycles. The molecule has 1 saturated heterocycles. The molecule has 15 heavy (non-hydrogen) atoms. The smallest absolute Gasteiger partial charge is 0.146 e. The molecule has 0 amide bonds. The summed E-state index contributed by atoms with van der Waals surface area (Å²) in [5.74, 6) is -0.0844. The van der Waals surface area contributed by atoms with E-state index < -0.39 is 8.07 Å². The van der Waals surface area contributed by atoms with Crippen LogP contribution < -0.4 is 4.90 Å². The average molecular weight is 223 g/mol. The molecule has 1 aliphatic rings. The molecule has 3 heteroatoms. The fourth-order valence-corrected chi connectivity index (χ4v) is 4.06. The van der Waals surface area contributed by atoms with Gasteiger partial charge in [0.25, 0.3) is 0 Å². The largest absolute Gasteiger partial charge is 0.370 e. The van der Waals surface area contributed by atoms with Crippen molar-refractivity contribution in [2.75, 3.05) is 18.0 Å². The van der Waals surface area contributed by atoms with E-state index in [0.29, 0.717) is 0 Å². The van der Waals surface area contributed by atoms with Crippen molar-refractivity contribution in [3.63, 3.8) is 0 Å². The summed E-state index contributed by atoms with van der Waals surface area (Å²) in [6, 6.07) is 9.65. The first-order chi connectivity index (χ1) is 7.08. The molecule has 2 rings (SSSR count). The van der Waals surface area contributed by atoms with Crippen molar-refractivity contribution in [1.29, 1.82) is 0 Å². The molecule has 0 unspecified atom stereocenters. The van der Waals surface area contributed by atoms with Gasteiger partial charge < -0.3 is 4.90 Å². The summed E-state index contributed by atoms with van der Waals surface area (Å²) in [7, 11) is -0.947. The molecular weight excluding hydrogens is 205 g/mol. The van der Waals surface area contributed by atoms with E-state index in [-0.39, 0.29) is 5.82 Å². The lowest BCUT2D eigenvalue weighted by molar-refractivity contribution is 0.617. The molecule has 0 N–H and O–H groups in total. The minimum Gasteiger partial charge on any atom is -0.370 e. The van der Waals surface area contributed by atoms with Gasteiger partial charge in [0, 0.05) is 13.1 Å². The van der Waals surface area contributed by atoms with Gasteiger partial charge in [-0.1, -0.05) is 25.2 Å². The lowest BCUT2D eigenvalue weighted by Gasteiger charge is -2.37. The molecule has 0 bridgehead atoms. The first-order valence-electron chi connectivity index (χ1n) is 5.58. The Morgan fingerprint density at radius 2 is 1.73 bits per heavy atom. The quantitative estimate of drug-likeness (QED) is 0.660. The third-order valence-corrected chi connectivity index (χ3v) is 6.46. The van der Waals surface area contributed by atoms with Crippen LogP contribution in [-0.4, -0.2) is 21.2 Å². The second kappa shape index (κ2) is 3.97. The van der Waals surface area contributed by atoms with Crippen LogP contribution in [0.4, 0.5) is 10.1 Å². The minimum atomic E-state index is -0.947. The van der Waals surface area contributed by atoms with E-state index in [1.165, 1.54) is 12.1 Å². The van der Waals surface area contributed by atoms with Crippen molar-refractivity contribution in [3.05, 3.63) is 30.1 Å². The summed E-state index contributed by atoms with van der Waals surface area (Å²) < 4.78 is 13.5. The molecule has 1 fully saturated rings. The third-order valence-electron chi connectivity index (χ3n) is 3.31. The first-order valence-corrected chi connectivity index (χ1v) is 8.99. The van der Waals surface area contributed by atoms with E-state index in [1.807, 2.05) is 12.1 Å². The Hall–Kier alpha value is -0.833. The van der Waals surface area contributed by atoms with Gasteiger partial charge in [-0.3, -0.25) is 0 Å². The molecular formula is C12H18FNSi. The first kappa shape index (κ1) is 10.7. The highest BCUT2D eigenvalue weighted by Crippen LogP contribution is 2.27. The Balaban J connectivity index is 2.11. The second-order valence-electron chi connectivity index (χ2n) is 5.10. The SMILES string of the molecule is C[Si]1(C)CCN(c2ccccc2F)CC1. The van der Waals surface area contributed by atoms with E-state index in [0.717, 1.165) is 18.8 Å². The van der Waals surface area contributed by atoms with Gasteiger partial charge in [0.15, 0.2) is 0 Å². The Kier molecular flexibility index (Phi) is 2.82. The predicted octanol–water partition coefficient (Wildman–Crippen LogP) is 3.35. The van der Waals surface area contributed by atoms with E-state index in [1.54, 1.807) is 12.1 Å². The Morgan fingerprint density at radius 3 is 2.33 bits per heavy atom. The van der Waals surface area contributed by atoms with Crippen LogP contribution >= 0.6 is 0 Å². The van der Waals surface area contributed by atoms with Gasteiger partial charge in [-0.25, -0.2) is 4.39 Å². The zero-order valence-electron chi connectivity index (χ0n) is 9.46. The zero-order chi connectivity index (χ0) is 10.9. The molecule has 1 aromatic rings. The number of rotatable bonds is 1. The highest BCUT2D eigenvalue weighted by molar-refractivity contribution is 6.77. The maximum Gasteiger partial charge on any atom is 0.146 e. The molecule has 0 atom stereocenters. The number of halogens is 1. The van der Waals surface area contributed by atoms with Gasteiger partial charge in [-0.15, -0.1) is 0 Å². The van der Waals surface area contributed by atoms with Crippen LogP contribution in [0.1, 0.15) is 0 Å². The fraction of sp³-hybridized carbons (Fsp3) is 0.500. The molecule has 1 aromatic carbocycles. The van der Waals surface area contributed by atoms with Gasteiger partial charge >= 0.3 is 0 Å². The van der Waals surface area contributed by atoms with Crippen LogP contribution in [0.25, 0.3) is 0 Å². The Bertz CT molecular complexity index is 341. The number of nitrogens with zero attached hydrogens (tertiary/aromatic N) is 1. The molecule has 0 aromatic heterocycles.